The topological polar surface area (TPSA) is 95.3 Å². The molecule has 2 aliphatic rings. The summed E-state index contributed by atoms with van der Waals surface area (Å²) in [4.78, 5) is 27.7. The molecule has 35 heavy (non-hydrogen) atoms. The molecule has 0 spiro atoms. The van der Waals surface area contributed by atoms with Crippen LogP contribution in [0, 0.1) is 0 Å². The number of aryl methyl sites for hydroxylation is 1. The smallest absolute Gasteiger partial charge is 0.341 e. The van der Waals surface area contributed by atoms with Gasteiger partial charge in [0, 0.05) is 11.5 Å². The molecular weight excluding hydrogens is 504 g/mol. The normalized spacial score (nSPS) is 17.7. The van der Waals surface area contributed by atoms with Crippen molar-refractivity contribution < 1.29 is 19.1 Å². The Labute approximate surface area is 216 Å². The van der Waals surface area contributed by atoms with Gasteiger partial charge in [-0.05, 0) is 55.5 Å². The molecule has 1 saturated heterocycles. The minimum absolute atomic E-state index is 0.127. The van der Waals surface area contributed by atoms with E-state index in [1.165, 1.54) is 35.1 Å². The number of aromatic nitrogens is 3. The third-order valence-electron chi connectivity index (χ3n) is 6.26. The molecular formula is C24H28N4O4S3. The molecule has 0 bridgehead atoms. The maximum absolute atomic E-state index is 13.0. The Morgan fingerprint density at radius 2 is 2.14 bits per heavy atom. The van der Waals surface area contributed by atoms with Gasteiger partial charge in [-0.25, -0.2) is 4.79 Å². The van der Waals surface area contributed by atoms with Crippen LogP contribution < -0.4 is 5.32 Å². The number of hydrogen-bond donors (Lipinski definition) is 1. The van der Waals surface area contributed by atoms with Gasteiger partial charge in [0.1, 0.15) is 5.00 Å². The Bertz CT molecular complexity index is 1180. The lowest BCUT2D eigenvalue weighted by Crippen LogP contribution is -2.18. The molecule has 5 rings (SSSR count). The van der Waals surface area contributed by atoms with Crippen LogP contribution in [0.1, 0.15) is 52.9 Å². The standard InChI is InChI=1S/C24H28N4O4S3/c1-31-23(30)20-16-8-3-2-4-9-17(16)35-22(20)25-19(29)14-34-24-27-26-21(18-10-6-12-33-18)28(24)13-15-7-5-11-32-15/h6,10,12,15H,2-5,7-9,11,13-14H2,1H3,(H,25,29). The van der Waals surface area contributed by atoms with Crippen molar-refractivity contribution in [3.8, 4) is 10.7 Å². The molecule has 1 atom stereocenters. The van der Waals surface area contributed by atoms with Crippen molar-refractivity contribution in [3.63, 3.8) is 0 Å². The summed E-state index contributed by atoms with van der Waals surface area (Å²) < 4.78 is 13.0. The minimum Gasteiger partial charge on any atom is -0.465 e. The van der Waals surface area contributed by atoms with Crippen LogP contribution in [0.4, 0.5) is 5.00 Å². The molecule has 1 aliphatic carbocycles. The molecule has 1 amide bonds. The summed E-state index contributed by atoms with van der Waals surface area (Å²) in [6, 6.07) is 4.02. The SMILES string of the molecule is COC(=O)c1c(NC(=O)CSc2nnc(-c3cccs3)n2CC2CCCO2)sc2c1CCCCC2. The van der Waals surface area contributed by atoms with Gasteiger partial charge in [-0.1, -0.05) is 24.2 Å². The van der Waals surface area contributed by atoms with Crippen molar-refractivity contribution in [2.75, 3.05) is 24.8 Å². The maximum Gasteiger partial charge on any atom is 0.341 e. The number of nitrogens with one attached hydrogen (secondary N) is 1. The predicted octanol–water partition coefficient (Wildman–Crippen LogP) is 5.03. The van der Waals surface area contributed by atoms with E-state index in [1.807, 2.05) is 17.5 Å². The molecule has 0 saturated carbocycles. The number of thioether (sulfide) groups is 1. The number of hydrogen-bond acceptors (Lipinski definition) is 9. The zero-order valence-electron chi connectivity index (χ0n) is 19.6. The number of carbonyl (C=O) groups is 2. The van der Waals surface area contributed by atoms with Gasteiger partial charge in [0.25, 0.3) is 0 Å². The Hall–Kier alpha value is -2.21. The van der Waals surface area contributed by atoms with Crippen LogP contribution in [0.5, 0.6) is 0 Å². The highest BCUT2D eigenvalue weighted by Crippen LogP contribution is 2.38. The van der Waals surface area contributed by atoms with E-state index >= 15 is 0 Å². The van der Waals surface area contributed by atoms with E-state index in [9.17, 15) is 9.59 Å². The zero-order valence-corrected chi connectivity index (χ0v) is 22.0. The first-order valence-electron chi connectivity index (χ1n) is 11.9. The second-order valence-corrected chi connectivity index (χ2v) is 11.6. The van der Waals surface area contributed by atoms with Gasteiger partial charge < -0.3 is 14.8 Å². The fraction of sp³-hybridized carbons (Fsp3) is 0.500. The van der Waals surface area contributed by atoms with Gasteiger partial charge in [-0.15, -0.1) is 32.9 Å². The van der Waals surface area contributed by atoms with Crippen molar-refractivity contribution in [2.24, 2.45) is 0 Å². The second kappa shape index (κ2) is 11.2. The summed E-state index contributed by atoms with van der Waals surface area (Å²) in [6.45, 7) is 1.44. The molecule has 8 nitrogen and oxygen atoms in total. The van der Waals surface area contributed by atoms with E-state index in [1.54, 1.807) is 11.3 Å². The first kappa shape index (κ1) is 24.5. The predicted molar refractivity (Wildman–Crippen MR) is 139 cm³/mol. The Balaban J connectivity index is 1.32. The Kier molecular flexibility index (Phi) is 7.86. The van der Waals surface area contributed by atoms with Crippen LogP contribution in [0.25, 0.3) is 10.7 Å². The average molecular weight is 533 g/mol. The average Bonchev–Trinajstić information content (AvgIpc) is 3.65. The van der Waals surface area contributed by atoms with Gasteiger partial charge in [0.15, 0.2) is 11.0 Å². The van der Waals surface area contributed by atoms with Crippen molar-refractivity contribution in [1.29, 1.82) is 0 Å². The monoisotopic (exact) mass is 532 g/mol. The number of thiophene rings is 2. The summed E-state index contributed by atoms with van der Waals surface area (Å²) in [5, 5.41) is 15.1. The van der Waals surface area contributed by atoms with Crippen molar-refractivity contribution in [1.82, 2.24) is 14.8 Å². The minimum atomic E-state index is -0.385. The van der Waals surface area contributed by atoms with E-state index in [0.29, 0.717) is 22.3 Å². The largest absolute Gasteiger partial charge is 0.465 e. The van der Waals surface area contributed by atoms with Crippen LogP contribution >= 0.6 is 34.4 Å². The summed E-state index contributed by atoms with van der Waals surface area (Å²) in [5.74, 6) is 0.399. The number of carbonyl (C=O) groups excluding carboxylic acids is 2. The fourth-order valence-electron chi connectivity index (χ4n) is 4.58. The van der Waals surface area contributed by atoms with Crippen LogP contribution in [0.3, 0.4) is 0 Å². The van der Waals surface area contributed by atoms with Crippen LogP contribution in [0.15, 0.2) is 22.7 Å². The van der Waals surface area contributed by atoms with E-state index in [4.69, 9.17) is 9.47 Å². The van der Waals surface area contributed by atoms with E-state index in [2.05, 4.69) is 20.1 Å². The highest BCUT2D eigenvalue weighted by Gasteiger charge is 2.27. The fourth-order valence-corrected chi connectivity index (χ4v) is 7.34. The van der Waals surface area contributed by atoms with Gasteiger partial charge >= 0.3 is 5.97 Å². The number of methoxy groups -OCH3 is 1. The molecule has 1 aliphatic heterocycles. The highest BCUT2D eigenvalue weighted by atomic mass is 32.2. The lowest BCUT2D eigenvalue weighted by atomic mass is 10.1. The van der Waals surface area contributed by atoms with Gasteiger partial charge in [-0.2, -0.15) is 0 Å². The number of ether oxygens (including phenoxy) is 2. The third kappa shape index (κ3) is 5.47. The Morgan fingerprint density at radius 1 is 1.26 bits per heavy atom. The van der Waals surface area contributed by atoms with Crippen molar-refractivity contribution in [3.05, 3.63) is 33.5 Å². The lowest BCUT2D eigenvalue weighted by molar-refractivity contribution is -0.113. The molecule has 0 radical (unpaired) electrons. The number of nitrogens with zero attached hydrogens (tertiary/aromatic N) is 3. The summed E-state index contributed by atoms with van der Waals surface area (Å²) in [5.41, 5.74) is 1.56. The first-order chi connectivity index (χ1) is 17.1. The third-order valence-corrected chi connectivity index (χ3v) is 9.30. The highest BCUT2D eigenvalue weighted by molar-refractivity contribution is 7.99. The molecule has 4 heterocycles. The van der Waals surface area contributed by atoms with E-state index in [-0.39, 0.29) is 23.7 Å². The lowest BCUT2D eigenvalue weighted by Gasteiger charge is -2.14. The van der Waals surface area contributed by atoms with E-state index < -0.39 is 0 Å². The van der Waals surface area contributed by atoms with E-state index in [0.717, 1.165) is 67.8 Å². The first-order valence-corrected chi connectivity index (χ1v) is 14.6. The summed E-state index contributed by atoms with van der Waals surface area (Å²) in [7, 11) is 1.39. The summed E-state index contributed by atoms with van der Waals surface area (Å²) >= 11 is 4.47. The molecule has 186 valence electrons. The van der Waals surface area contributed by atoms with Crippen LogP contribution in [0.2, 0.25) is 0 Å². The van der Waals surface area contributed by atoms with Crippen LogP contribution in [-0.4, -0.2) is 52.2 Å². The number of fused-ring (bicyclic) bond motifs is 1. The summed E-state index contributed by atoms with van der Waals surface area (Å²) in [6.07, 6.45) is 7.27. The van der Waals surface area contributed by atoms with Crippen molar-refractivity contribution >= 4 is 51.3 Å². The van der Waals surface area contributed by atoms with Gasteiger partial charge in [0.2, 0.25) is 5.91 Å². The van der Waals surface area contributed by atoms with Crippen molar-refractivity contribution in [2.45, 2.75) is 62.8 Å². The van der Waals surface area contributed by atoms with Gasteiger partial charge in [-0.3, -0.25) is 9.36 Å². The Morgan fingerprint density at radius 3 is 2.91 bits per heavy atom. The van der Waals surface area contributed by atoms with Gasteiger partial charge in [0.05, 0.1) is 36.0 Å². The molecule has 1 unspecified atom stereocenters. The zero-order chi connectivity index (χ0) is 24.2. The van der Waals surface area contributed by atoms with Crippen LogP contribution in [-0.2, 0) is 33.7 Å². The molecule has 3 aromatic rings. The molecule has 11 heteroatoms. The molecule has 1 fully saturated rings. The quantitative estimate of drug-likeness (QED) is 0.247. The molecule has 0 aromatic carbocycles. The second-order valence-electron chi connectivity index (χ2n) is 8.63. The number of anilines is 1. The number of rotatable bonds is 8. The maximum atomic E-state index is 13.0. The molecule has 3 aromatic heterocycles. The number of amides is 1. The number of esters is 1. The molecule has 1 N–H and O–H groups in total.